The molecular formula is C13H17ClN4O. The summed E-state index contributed by atoms with van der Waals surface area (Å²) in [6.07, 6.45) is 1.74. The van der Waals surface area contributed by atoms with Gasteiger partial charge >= 0.3 is 0 Å². The van der Waals surface area contributed by atoms with Crippen molar-refractivity contribution in [1.29, 1.82) is 0 Å². The second-order valence-corrected chi connectivity index (χ2v) is 5.47. The van der Waals surface area contributed by atoms with E-state index >= 15 is 0 Å². The predicted molar refractivity (Wildman–Crippen MR) is 74.5 cm³/mol. The number of halogens is 1. The maximum atomic E-state index is 12.2. The van der Waals surface area contributed by atoms with E-state index in [9.17, 15) is 4.79 Å². The summed E-state index contributed by atoms with van der Waals surface area (Å²) in [6, 6.07) is 3.60. The Morgan fingerprint density at radius 2 is 2.11 bits per heavy atom. The van der Waals surface area contributed by atoms with E-state index < -0.39 is 0 Å². The molecule has 1 aromatic heterocycles. The van der Waals surface area contributed by atoms with E-state index in [-0.39, 0.29) is 11.9 Å². The highest BCUT2D eigenvalue weighted by molar-refractivity contribution is 6.32. The molecule has 1 atom stereocenters. The lowest BCUT2D eigenvalue weighted by molar-refractivity contribution is -0.140. The molecule has 19 heavy (non-hydrogen) atoms. The number of rotatable bonds is 1. The van der Waals surface area contributed by atoms with Gasteiger partial charge in [-0.3, -0.25) is 9.69 Å². The first-order valence-corrected chi connectivity index (χ1v) is 6.89. The smallest absolute Gasteiger partial charge is 0.241 e. The van der Waals surface area contributed by atoms with E-state index in [1.165, 1.54) is 0 Å². The third-order valence-electron chi connectivity index (χ3n) is 3.91. The molecule has 2 saturated heterocycles. The molecule has 102 valence electrons. The topological polar surface area (TPSA) is 39.7 Å². The largest absolute Gasteiger partial charge is 0.352 e. The van der Waals surface area contributed by atoms with Gasteiger partial charge in [0.25, 0.3) is 0 Å². The van der Waals surface area contributed by atoms with E-state index in [1.54, 1.807) is 6.20 Å². The maximum Gasteiger partial charge on any atom is 0.241 e. The minimum absolute atomic E-state index is 0.0643. The summed E-state index contributed by atoms with van der Waals surface area (Å²) in [7, 11) is 1.87. The Morgan fingerprint density at radius 3 is 2.89 bits per heavy atom. The molecular weight excluding hydrogens is 264 g/mol. The van der Waals surface area contributed by atoms with Gasteiger partial charge in [0.05, 0.1) is 5.02 Å². The number of aromatic nitrogens is 1. The molecule has 0 aliphatic carbocycles. The molecule has 0 N–H and O–H groups in total. The molecule has 2 aliphatic heterocycles. The molecule has 0 bridgehead atoms. The van der Waals surface area contributed by atoms with Crippen molar-refractivity contribution in [2.45, 2.75) is 6.04 Å². The zero-order valence-electron chi connectivity index (χ0n) is 10.9. The zero-order valence-corrected chi connectivity index (χ0v) is 11.7. The van der Waals surface area contributed by atoms with Crippen LogP contribution in [0.15, 0.2) is 18.3 Å². The Labute approximate surface area is 117 Å². The number of anilines is 1. The van der Waals surface area contributed by atoms with Crippen molar-refractivity contribution in [3.8, 4) is 0 Å². The molecule has 1 unspecified atom stereocenters. The third kappa shape index (κ3) is 2.28. The van der Waals surface area contributed by atoms with Gasteiger partial charge in [-0.15, -0.1) is 0 Å². The van der Waals surface area contributed by atoms with Crippen LogP contribution in [0.4, 0.5) is 5.82 Å². The Balaban J connectivity index is 1.81. The SMILES string of the molecule is CN1CCN2CCN(c3ncccc3Cl)CC2C1=O. The molecule has 0 aromatic carbocycles. The first-order valence-electron chi connectivity index (χ1n) is 6.51. The fourth-order valence-corrected chi connectivity index (χ4v) is 3.01. The van der Waals surface area contributed by atoms with Crippen LogP contribution in [-0.4, -0.2) is 66.5 Å². The lowest BCUT2D eigenvalue weighted by atomic mass is 10.1. The van der Waals surface area contributed by atoms with Crippen molar-refractivity contribution in [2.75, 3.05) is 44.7 Å². The molecule has 0 saturated carbocycles. The van der Waals surface area contributed by atoms with Crippen molar-refractivity contribution >= 4 is 23.3 Å². The monoisotopic (exact) mass is 280 g/mol. The van der Waals surface area contributed by atoms with Crippen molar-refractivity contribution in [1.82, 2.24) is 14.8 Å². The predicted octanol–water partition coefficient (Wildman–Crippen LogP) is 0.698. The number of piperazine rings is 2. The van der Waals surface area contributed by atoms with Gasteiger partial charge in [0.1, 0.15) is 11.9 Å². The van der Waals surface area contributed by atoms with Crippen LogP contribution in [0.25, 0.3) is 0 Å². The number of carbonyl (C=O) groups is 1. The average Bonchev–Trinajstić information content (AvgIpc) is 2.43. The summed E-state index contributed by atoms with van der Waals surface area (Å²) in [6.45, 7) is 4.19. The quantitative estimate of drug-likeness (QED) is 0.759. The van der Waals surface area contributed by atoms with Gasteiger partial charge in [-0.1, -0.05) is 11.6 Å². The van der Waals surface area contributed by atoms with E-state index in [4.69, 9.17) is 11.6 Å². The number of fused-ring (bicyclic) bond motifs is 1. The number of hydrogen-bond donors (Lipinski definition) is 0. The van der Waals surface area contributed by atoms with Crippen LogP contribution in [0.3, 0.4) is 0 Å². The lowest BCUT2D eigenvalue weighted by Gasteiger charge is -2.45. The lowest BCUT2D eigenvalue weighted by Crippen LogP contribution is -2.64. The van der Waals surface area contributed by atoms with Crippen LogP contribution < -0.4 is 4.90 Å². The summed E-state index contributed by atoms with van der Waals surface area (Å²) in [5.41, 5.74) is 0. The molecule has 3 rings (SSSR count). The summed E-state index contributed by atoms with van der Waals surface area (Å²) >= 11 is 6.18. The van der Waals surface area contributed by atoms with E-state index in [0.717, 1.165) is 32.0 Å². The molecule has 3 heterocycles. The minimum atomic E-state index is -0.0643. The van der Waals surface area contributed by atoms with Gasteiger partial charge in [-0.2, -0.15) is 0 Å². The highest BCUT2D eigenvalue weighted by Crippen LogP contribution is 2.26. The Hall–Kier alpha value is -1.33. The van der Waals surface area contributed by atoms with Gasteiger partial charge in [0.15, 0.2) is 0 Å². The standard InChI is InChI=1S/C13H17ClN4O/c1-16-5-6-17-7-8-18(9-11(17)13(16)19)12-10(14)3-2-4-15-12/h2-4,11H,5-9H2,1H3. The molecule has 0 radical (unpaired) electrons. The second kappa shape index (κ2) is 4.98. The van der Waals surface area contributed by atoms with Crippen LogP contribution in [0.5, 0.6) is 0 Å². The first-order chi connectivity index (χ1) is 9.16. The highest BCUT2D eigenvalue weighted by atomic mass is 35.5. The van der Waals surface area contributed by atoms with Crippen LogP contribution in [-0.2, 0) is 4.79 Å². The fourth-order valence-electron chi connectivity index (χ4n) is 2.77. The third-order valence-corrected chi connectivity index (χ3v) is 4.21. The zero-order chi connectivity index (χ0) is 13.4. The Bertz CT molecular complexity index is 495. The Kier molecular flexibility index (Phi) is 3.33. The van der Waals surface area contributed by atoms with Crippen LogP contribution in [0.1, 0.15) is 0 Å². The highest BCUT2D eigenvalue weighted by Gasteiger charge is 2.37. The Morgan fingerprint density at radius 1 is 1.32 bits per heavy atom. The number of hydrogen-bond acceptors (Lipinski definition) is 4. The minimum Gasteiger partial charge on any atom is -0.352 e. The number of amides is 1. The molecule has 5 nitrogen and oxygen atoms in total. The van der Waals surface area contributed by atoms with Crippen molar-refractivity contribution in [3.63, 3.8) is 0 Å². The van der Waals surface area contributed by atoms with E-state index in [1.807, 2.05) is 24.1 Å². The maximum absolute atomic E-state index is 12.2. The van der Waals surface area contributed by atoms with Crippen molar-refractivity contribution < 1.29 is 4.79 Å². The van der Waals surface area contributed by atoms with Gasteiger partial charge in [0, 0.05) is 46.0 Å². The molecule has 0 spiro atoms. The van der Waals surface area contributed by atoms with Crippen LogP contribution >= 0.6 is 11.6 Å². The first kappa shape index (κ1) is 12.7. The number of likely N-dealkylation sites (N-methyl/N-ethyl adjacent to an activating group) is 1. The van der Waals surface area contributed by atoms with Crippen molar-refractivity contribution in [2.24, 2.45) is 0 Å². The van der Waals surface area contributed by atoms with Crippen molar-refractivity contribution in [3.05, 3.63) is 23.4 Å². The molecule has 2 fully saturated rings. The average molecular weight is 281 g/mol. The summed E-state index contributed by atoms with van der Waals surface area (Å²) in [4.78, 5) is 22.7. The van der Waals surface area contributed by atoms with Crippen LogP contribution in [0, 0.1) is 0 Å². The van der Waals surface area contributed by atoms with E-state index in [0.29, 0.717) is 11.6 Å². The molecule has 2 aliphatic rings. The number of carbonyl (C=O) groups excluding carboxylic acids is 1. The molecule has 1 amide bonds. The van der Waals surface area contributed by atoms with Gasteiger partial charge in [0.2, 0.25) is 5.91 Å². The van der Waals surface area contributed by atoms with E-state index in [2.05, 4.69) is 14.8 Å². The summed E-state index contributed by atoms with van der Waals surface area (Å²) in [5, 5.41) is 0.646. The van der Waals surface area contributed by atoms with Gasteiger partial charge < -0.3 is 9.80 Å². The number of nitrogens with zero attached hydrogens (tertiary/aromatic N) is 4. The molecule has 1 aromatic rings. The summed E-state index contributed by atoms with van der Waals surface area (Å²) in [5.74, 6) is 0.979. The fraction of sp³-hybridized carbons (Fsp3) is 0.538. The second-order valence-electron chi connectivity index (χ2n) is 5.07. The molecule has 6 heteroatoms. The van der Waals surface area contributed by atoms with Gasteiger partial charge in [-0.25, -0.2) is 4.98 Å². The van der Waals surface area contributed by atoms with Gasteiger partial charge in [-0.05, 0) is 12.1 Å². The normalized spacial score (nSPS) is 24.5. The van der Waals surface area contributed by atoms with Crippen LogP contribution in [0.2, 0.25) is 5.02 Å². The number of pyridine rings is 1. The summed E-state index contributed by atoms with van der Waals surface area (Å²) < 4.78 is 0.